The number of allylic oxidation sites excluding steroid dienone is 1. The van der Waals surface area contributed by atoms with E-state index in [4.69, 9.17) is 0 Å². The lowest BCUT2D eigenvalue weighted by molar-refractivity contribution is -0.112. The highest BCUT2D eigenvalue weighted by Gasteiger charge is 2.30. The number of benzene rings is 2. The highest BCUT2D eigenvalue weighted by Crippen LogP contribution is 2.39. The summed E-state index contributed by atoms with van der Waals surface area (Å²) in [6.07, 6.45) is 5.01. The maximum absolute atomic E-state index is 12.7. The van der Waals surface area contributed by atoms with Gasteiger partial charge in [0.15, 0.2) is 0 Å². The van der Waals surface area contributed by atoms with Crippen molar-refractivity contribution in [1.82, 2.24) is 0 Å². The van der Waals surface area contributed by atoms with Crippen molar-refractivity contribution in [3.05, 3.63) is 70.3 Å². The summed E-state index contributed by atoms with van der Waals surface area (Å²) in [5.74, 6) is -0.399. The molecule has 0 spiro atoms. The maximum atomic E-state index is 12.7. The molecule has 0 unspecified atom stereocenters. The van der Waals surface area contributed by atoms with Crippen molar-refractivity contribution in [3.63, 3.8) is 0 Å². The molecule has 0 atom stereocenters. The van der Waals surface area contributed by atoms with Crippen LogP contribution in [0.15, 0.2) is 48.0 Å². The quantitative estimate of drug-likeness (QED) is 0.465. The summed E-state index contributed by atoms with van der Waals surface area (Å²) >= 11 is 0. The summed E-state index contributed by atoms with van der Waals surface area (Å²) in [4.78, 5) is 15.1. The number of hydrogen-bond acceptors (Lipinski definition) is 3. The average Bonchev–Trinajstić information content (AvgIpc) is 2.71. The molecule has 2 aromatic rings. The maximum Gasteiger partial charge on any atom is 0.266 e. The molecule has 0 saturated heterocycles. The van der Waals surface area contributed by atoms with Gasteiger partial charge in [0, 0.05) is 23.5 Å². The monoisotopic (exact) mass is 413 g/mol. The largest absolute Gasteiger partial charge is 0.362 e. The van der Waals surface area contributed by atoms with E-state index >= 15 is 0 Å². The molecule has 160 valence electrons. The van der Waals surface area contributed by atoms with E-state index in [1.165, 1.54) is 11.3 Å². The van der Waals surface area contributed by atoms with Crippen LogP contribution < -0.4 is 10.2 Å². The number of fused-ring (bicyclic) bond motifs is 1. The Labute approximate surface area is 185 Å². The molecule has 1 N–H and O–H groups in total. The number of carbonyl (C=O) groups is 1. The number of rotatable bonds is 5. The van der Waals surface area contributed by atoms with Crippen molar-refractivity contribution in [3.8, 4) is 6.07 Å². The summed E-state index contributed by atoms with van der Waals surface area (Å²) in [5, 5.41) is 12.4. The standard InChI is InChI=1S/C27H31N3O/c1-7-12-30-25-11-9-21(15-24(25)20(4)16-27(30,5)6)14-22(17-28)26(31)29-23-10-8-18(2)19(3)13-23/h8-11,13-16H,7,12H2,1-6H3,(H,29,31)/b22-14+. The van der Waals surface area contributed by atoms with Gasteiger partial charge in [-0.15, -0.1) is 0 Å². The number of nitrogens with one attached hydrogen (secondary N) is 1. The molecule has 0 bridgehead atoms. The van der Waals surface area contributed by atoms with Gasteiger partial charge >= 0.3 is 0 Å². The van der Waals surface area contributed by atoms with Crippen molar-refractivity contribution in [1.29, 1.82) is 5.26 Å². The molecule has 2 aromatic carbocycles. The number of nitriles is 1. The molecule has 0 aliphatic carbocycles. The number of hydrogen-bond donors (Lipinski definition) is 1. The van der Waals surface area contributed by atoms with E-state index in [-0.39, 0.29) is 11.1 Å². The number of amides is 1. The van der Waals surface area contributed by atoms with Crippen molar-refractivity contribution in [2.24, 2.45) is 0 Å². The van der Waals surface area contributed by atoms with E-state index in [0.29, 0.717) is 5.69 Å². The smallest absolute Gasteiger partial charge is 0.266 e. The lowest BCUT2D eigenvalue weighted by Crippen LogP contribution is -2.45. The Balaban J connectivity index is 1.92. The van der Waals surface area contributed by atoms with Crippen LogP contribution in [0.25, 0.3) is 11.6 Å². The lowest BCUT2D eigenvalue weighted by Gasteiger charge is -2.43. The normalized spacial score (nSPS) is 15.1. The van der Waals surface area contributed by atoms with Crippen LogP contribution >= 0.6 is 0 Å². The van der Waals surface area contributed by atoms with E-state index < -0.39 is 5.91 Å². The highest BCUT2D eigenvalue weighted by molar-refractivity contribution is 6.09. The third-order valence-electron chi connectivity index (χ3n) is 5.89. The van der Waals surface area contributed by atoms with Gasteiger partial charge in [-0.05, 0) is 93.6 Å². The van der Waals surface area contributed by atoms with Crippen LogP contribution in [0, 0.1) is 25.2 Å². The van der Waals surface area contributed by atoms with Crippen molar-refractivity contribution >= 4 is 28.9 Å². The predicted octanol–water partition coefficient (Wildman–Crippen LogP) is 6.26. The van der Waals surface area contributed by atoms with Crippen LogP contribution in [0.4, 0.5) is 11.4 Å². The molecule has 0 aromatic heterocycles. The summed E-state index contributed by atoms with van der Waals surface area (Å²) in [6.45, 7) is 13.8. The molecule has 1 heterocycles. The molecular weight excluding hydrogens is 382 g/mol. The molecule has 4 heteroatoms. The number of anilines is 2. The fraction of sp³-hybridized carbons (Fsp3) is 0.333. The summed E-state index contributed by atoms with van der Waals surface area (Å²) in [5.41, 5.74) is 7.38. The second-order valence-corrected chi connectivity index (χ2v) is 8.83. The zero-order chi connectivity index (χ0) is 22.8. The molecule has 1 amide bonds. The first-order chi connectivity index (χ1) is 14.7. The van der Waals surface area contributed by atoms with Crippen LogP contribution in [0.1, 0.15) is 56.4 Å². The molecule has 0 saturated carbocycles. The summed E-state index contributed by atoms with van der Waals surface area (Å²) < 4.78 is 0. The Hall–Kier alpha value is -3.32. The summed E-state index contributed by atoms with van der Waals surface area (Å²) in [6, 6.07) is 13.9. The van der Waals surface area contributed by atoms with E-state index in [1.807, 2.05) is 38.1 Å². The fourth-order valence-electron chi connectivity index (χ4n) is 4.16. The molecule has 31 heavy (non-hydrogen) atoms. The minimum absolute atomic E-state index is 0.0473. The Morgan fingerprint density at radius 1 is 1.13 bits per heavy atom. The molecule has 3 rings (SSSR count). The number of carbonyl (C=O) groups excluding carboxylic acids is 1. The van der Waals surface area contributed by atoms with Gasteiger partial charge in [-0.3, -0.25) is 4.79 Å². The van der Waals surface area contributed by atoms with Crippen molar-refractivity contribution < 1.29 is 4.79 Å². The van der Waals surface area contributed by atoms with Gasteiger partial charge in [0.2, 0.25) is 0 Å². The fourth-order valence-corrected chi connectivity index (χ4v) is 4.16. The first kappa shape index (κ1) is 22.4. The first-order valence-electron chi connectivity index (χ1n) is 10.8. The highest BCUT2D eigenvalue weighted by atomic mass is 16.1. The molecule has 4 nitrogen and oxygen atoms in total. The number of aryl methyl sites for hydroxylation is 2. The molecule has 1 aliphatic rings. The number of nitrogens with zero attached hydrogens (tertiary/aromatic N) is 2. The van der Waals surface area contributed by atoms with Crippen molar-refractivity contribution in [2.75, 3.05) is 16.8 Å². The van der Waals surface area contributed by atoms with E-state index in [9.17, 15) is 10.1 Å². The Morgan fingerprint density at radius 3 is 2.52 bits per heavy atom. The second kappa shape index (κ2) is 8.81. The van der Waals surface area contributed by atoms with Crippen LogP contribution in [-0.4, -0.2) is 18.0 Å². The van der Waals surface area contributed by atoms with Gasteiger partial charge in [-0.1, -0.05) is 25.1 Å². The van der Waals surface area contributed by atoms with Gasteiger partial charge in [0.05, 0.1) is 5.54 Å². The van der Waals surface area contributed by atoms with Gasteiger partial charge in [-0.25, -0.2) is 0 Å². The SMILES string of the molecule is CCCN1c2ccc(/C=C(\C#N)C(=O)Nc3ccc(C)c(C)c3)cc2C(C)=CC1(C)C. The van der Waals surface area contributed by atoms with Gasteiger partial charge in [-0.2, -0.15) is 5.26 Å². The van der Waals surface area contributed by atoms with Crippen LogP contribution in [0.5, 0.6) is 0 Å². The van der Waals surface area contributed by atoms with E-state index in [2.05, 4.69) is 62.2 Å². The minimum atomic E-state index is -0.399. The molecule has 1 aliphatic heterocycles. The third-order valence-corrected chi connectivity index (χ3v) is 5.89. The summed E-state index contributed by atoms with van der Waals surface area (Å²) in [7, 11) is 0. The topological polar surface area (TPSA) is 56.1 Å². The first-order valence-corrected chi connectivity index (χ1v) is 10.8. The molecule has 0 fully saturated rings. The predicted molar refractivity (Wildman–Crippen MR) is 130 cm³/mol. The third kappa shape index (κ3) is 4.72. The minimum Gasteiger partial charge on any atom is -0.362 e. The van der Waals surface area contributed by atoms with Crippen LogP contribution in [0.3, 0.4) is 0 Å². The lowest BCUT2D eigenvalue weighted by atomic mass is 9.87. The Bertz CT molecular complexity index is 1120. The van der Waals surface area contributed by atoms with E-state index in [1.54, 1.807) is 6.08 Å². The zero-order valence-corrected chi connectivity index (χ0v) is 19.3. The van der Waals surface area contributed by atoms with Gasteiger partial charge in [0.25, 0.3) is 5.91 Å². The van der Waals surface area contributed by atoms with Crippen LogP contribution in [0.2, 0.25) is 0 Å². The van der Waals surface area contributed by atoms with Crippen LogP contribution in [-0.2, 0) is 4.79 Å². The zero-order valence-electron chi connectivity index (χ0n) is 19.3. The molecule has 0 radical (unpaired) electrons. The second-order valence-electron chi connectivity index (χ2n) is 8.83. The van der Waals surface area contributed by atoms with E-state index in [0.717, 1.165) is 35.2 Å². The van der Waals surface area contributed by atoms with Gasteiger partial charge < -0.3 is 10.2 Å². The van der Waals surface area contributed by atoms with Crippen molar-refractivity contribution in [2.45, 2.75) is 53.5 Å². The average molecular weight is 414 g/mol. The molecular formula is C27H31N3O. The van der Waals surface area contributed by atoms with Gasteiger partial charge in [0.1, 0.15) is 11.6 Å². The Kier molecular flexibility index (Phi) is 6.36. The Morgan fingerprint density at radius 2 is 1.87 bits per heavy atom.